The van der Waals surface area contributed by atoms with E-state index in [2.05, 4.69) is 15.6 Å². The Labute approximate surface area is 119 Å². The van der Waals surface area contributed by atoms with E-state index < -0.39 is 6.10 Å². The topological polar surface area (TPSA) is 74.2 Å². The summed E-state index contributed by atoms with van der Waals surface area (Å²) in [6.07, 6.45) is -0.581. The van der Waals surface area contributed by atoms with Gasteiger partial charge in [-0.1, -0.05) is 11.3 Å². The molecule has 0 aliphatic carbocycles. The molecule has 2 aromatic rings. The van der Waals surface area contributed by atoms with Crippen LogP contribution in [0.5, 0.6) is 0 Å². The van der Waals surface area contributed by atoms with Gasteiger partial charge in [0.25, 0.3) is 0 Å². The van der Waals surface area contributed by atoms with Crippen molar-refractivity contribution >= 4 is 49.9 Å². The SMILES string of the molecule is CC(=O)Nc1nc2cc(NCC(O)CCl)ccc2s1. The monoisotopic (exact) mass is 299 g/mol. The molecular formula is C12H14ClN3O2S. The van der Waals surface area contributed by atoms with Crippen LogP contribution in [0.3, 0.4) is 0 Å². The highest BCUT2D eigenvalue weighted by molar-refractivity contribution is 7.22. The van der Waals surface area contributed by atoms with Crippen LogP contribution in [-0.2, 0) is 4.79 Å². The lowest BCUT2D eigenvalue weighted by Gasteiger charge is -2.09. The van der Waals surface area contributed by atoms with Crippen molar-refractivity contribution in [1.82, 2.24) is 4.98 Å². The van der Waals surface area contributed by atoms with Crippen molar-refractivity contribution in [2.75, 3.05) is 23.1 Å². The standard InChI is InChI=1S/C12H14ClN3O2S/c1-7(17)15-12-16-10-4-8(2-3-11(10)19-12)14-6-9(18)5-13/h2-4,9,14,18H,5-6H2,1H3,(H,15,16,17). The second-order valence-electron chi connectivity index (χ2n) is 4.07. The van der Waals surface area contributed by atoms with Crippen molar-refractivity contribution in [2.24, 2.45) is 0 Å². The summed E-state index contributed by atoms with van der Waals surface area (Å²) in [7, 11) is 0. The highest BCUT2D eigenvalue weighted by Gasteiger charge is 2.07. The lowest BCUT2D eigenvalue weighted by atomic mass is 10.3. The lowest BCUT2D eigenvalue weighted by Crippen LogP contribution is -2.20. The van der Waals surface area contributed by atoms with Crippen LogP contribution in [0.4, 0.5) is 10.8 Å². The zero-order valence-electron chi connectivity index (χ0n) is 10.3. The first kappa shape index (κ1) is 14.0. The molecule has 7 heteroatoms. The maximum Gasteiger partial charge on any atom is 0.223 e. The lowest BCUT2D eigenvalue weighted by molar-refractivity contribution is -0.114. The van der Waals surface area contributed by atoms with Gasteiger partial charge >= 0.3 is 0 Å². The number of aromatic nitrogens is 1. The van der Waals surface area contributed by atoms with Gasteiger partial charge < -0.3 is 15.7 Å². The molecule has 0 aliphatic rings. The molecule has 2 rings (SSSR count). The predicted molar refractivity (Wildman–Crippen MR) is 79.1 cm³/mol. The van der Waals surface area contributed by atoms with Crippen molar-refractivity contribution in [2.45, 2.75) is 13.0 Å². The first-order valence-electron chi connectivity index (χ1n) is 5.74. The zero-order valence-corrected chi connectivity index (χ0v) is 11.9. The molecular weight excluding hydrogens is 286 g/mol. The Kier molecular flexibility index (Phi) is 4.57. The van der Waals surface area contributed by atoms with Gasteiger partial charge in [0.15, 0.2) is 5.13 Å². The first-order chi connectivity index (χ1) is 9.08. The fraction of sp³-hybridized carbons (Fsp3) is 0.333. The average molecular weight is 300 g/mol. The molecule has 3 N–H and O–H groups in total. The molecule has 0 saturated carbocycles. The Balaban J connectivity index is 2.13. The van der Waals surface area contributed by atoms with E-state index in [-0.39, 0.29) is 11.8 Å². The minimum absolute atomic E-state index is 0.136. The van der Waals surface area contributed by atoms with E-state index in [1.165, 1.54) is 18.3 Å². The number of hydrogen-bond acceptors (Lipinski definition) is 5. The molecule has 1 unspecified atom stereocenters. The number of nitrogens with one attached hydrogen (secondary N) is 2. The predicted octanol–water partition coefficient (Wildman–Crippen LogP) is 2.27. The van der Waals surface area contributed by atoms with Gasteiger partial charge in [0, 0.05) is 19.2 Å². The van der Waals surface area contributed by atoms with Crippen LogP contribution in [-0.4, -0.2) is 34.5 Å². The maximum atomic E-state index is 11.0. The Hall–Kier alpha value is -1.37. The van der Waals surface area contributed by atoms with Crippen molar-refractivity contribution in [1.29, 1.82) is 0 Å². The molecule has 5 nitrogen and oxygen atoms in total. The molecule has 1 amide bonds. The van der Waals surface area contributed by atoms with Crippen LogP contribution >= 0.6 is 22.9 Å². The number of anilines is 2. The second-order valence-corrected chi connectivity index (χ2v) is 5.41. The van der Waals surface area contributed by atoms with Gasteiger partial charge in [0.1, 0.15) is 0 Å². The van der Waals surface area contributed by atoms with E-state index in [1.54, 1.807) is 0 Å². The molecule has 1 aromatic heterocycles. The van der Waals surface area contributed by atoms with Gasteiger partial charge in [-0.3, -0.25) is 4.79 Å². The molecule has 0 spiro atoms. The molecule has 0 bridgehead atoms. The van der Waals surface area contributed by atoms with Crippen molar-refractivity contribution < 1.29 is 9.90 Å². The fourth-order valence-corrected chi connectivity index (χ4v) is 2.53. The summed E-state index contributed by atoms with van der Waals surface area (Å²) in [6.45, 7) is 1.84. The summed E-state index contributed by atoms with van der Waals surface area (Å²) < 4.78 is 0.993. The zero-order chi connectivity index (χ0) is 13.8. The Morgan fingerprint density at radius 2 is 2.37 bits per heavy atom. The number of hydrogen-bond donors (Lipinski definition) is 3. The number of nitrogens with zero attached hydrogens (tertiary/aromatic N) is 1. The molecule has 102 valence electrons. The molecule has 0 radical (unpaired) electrons. The Morgan fingerprint density at radius 3 is 3.05 bits per heavy atom. The van der Waals surface area contributed by atoms with E-state index in [1.807, 2.05) is 18.2 Å². The third kappa shape index (κ3) is 3.79. The summed E-state index contributed by atoms with van der Waals surface area (Å²) in [5.41, 5.74) is 1.66. The normalized spacial score (nSPS) is 12.4. The number of aliphatic hydroxyl groups is 1. The van der Waals surface area contributed by atoms with Crippen LogP contribution in [0.2, 0.25) is 0 Å². The van der Waals surface area contributed by atoms with Crippen molar-refractivity contribution in [3.63, 3.8) is 0 Å². The first-order valence-corrected chi connectivity index (χ1v) is 7.09. The molecule has 1 aromatic carbocycles. The van der Waals surface area contributed by atoms with E-state index in [4.69, 9.17) is 11.6 Å². The Morgan fingerprint density at radius 1 is 1.58 bits per heavy atom. The van der Waals surface area contributed by atoms with E-state index in [0.29, 0.717) is 11.7 Å². The molecule has 1 atom stereocenters. The van der Waals surface area contributed by atoms with Gasteiger partial charge in [-0.2, -0.15) is 0 Å². The van der Waals surface area contributed by atoms with Crippen molar-refractivity contribution in [3.8, 4) is 0 Å². The van der Waals surface area contributed by atoms with Crippen LogP contribution in [0, 0.1) is 0 Å². The van der Waals surface area contributed by atoms with Gasteiger partial charge in [0.2, 0.25) is 5.91 Å². The summed E-state index contributed by atoms with van der Waals surface area (Å²) in [5, 5.41) is 15.7. The van der Waals surface area contributed by atoms with Crippen LogP contribution in [0.25, 0.3) is 10.2 Å². The van der Waals surface area contributed by atoms with Crippen LogP contribution in [0.1, 0.15) is 6.92 Å². The third-order valence-electron chi connectivity index (χ3n) is 2.39. The fourth-order valence-electron chi connectivity index (χ4n) is 1.53. The largest absolute Gasteiger partial charge is 0.390 e. The number of carbonyl (C=O) groups is 1. The minimum Gasteiger partial charge on any atom is -0.390 e. The number of carbonyl (C=O) groups excluding carboxylic acids is 1. The second kappa shape index (κ2) is 6.18. The molecule has 19 heavy (non-hydrogen) atoms. The van der Waals surface area contributed by atoms with Crippen molar-refractivity contribution in [3.05, 3.63) is 18.2 Å². The smallest absolute Gasteiger partial charge is 0.223 e. The average Bonchev–Trinajstić information content (AvgIpc) is 2.76. The highest BCUT2D eigenvalue weighted by Crippen LogP contribution is 2.28. The summed E-state index contributed by atoms with van der Waals surface area (Å²) in [5.74, 6) is 0.0566. The summed E-state index contributed by atoms with van der Waals surface area (Å²) in [4.78, 5) is 15.3. The molecule has 0 saturated heterocycles. The van der Waals surface area contributed by atoms with Crippen LogP contribution < -0.4 is 10.6 Å². The van der Waals surface area contributed by atoms with Crippen LogP contribution in [0.15, 0.2) is 18.2 Å². The molecule has 0 aliphatic heterocycles. The number of amides is 1. The number of rotatable bonds is 5. The molecule has 1 heterocycles. The van der Waals surface area contributed by atoms with Gasteiger partial charge in [0.05, 0.1) is 22.2 Å². The quantitative estimate of drug-likeness (QED) is 0.741. The maximum absolute atomic E-state index is 11.0. The number of halogens is 1. The minimum atomic E-state index is -0.581. The van der Waals surface area contributed by atoms with E-state index in [0.717, 1.165) is 15.9 Å². The number of aliphatic hydroxyl groups excluding tert-OH is 1. The number of alkyl halides is 1. The van der Waals surface area contributed by atoms with Gasteiger partial charge in [-0.05, 0) is 18.2 Å². The summed E-state index contributed by atoms with van der Waals surface area (Å²) >= 11 is 6.95. The molecule has 0 fully saturated rings. The Bertz CT molecular complexity index is 587. The van der Waals surface area contributed by atoms with Gasteiger partial charge in [-0.15, -0.1) is 11.6 Å². The third-order valence-corrected chi connectivity index (χ3v) is 3.70. The number of benzene rings is 1. The van der Waals surface area contributed by atoms with Gasteiger partial charge in [-0.25, -0.2) is 4.98 Å². The number of fused-ring (bicyclic) bond motifs is 1. The van der Waals surface area contributed by atoms with E-state index >= 15 is 0 Å². The van der Waals surface area contributed by atoms with E-state index in [9.17, 15) is 9.90 Å². The number of thiazole rings is 1. The summed E-state index contributed by atoms with van der Waals surface area (Å²) in [6, 6.07) is 5.70. The highest BCUT2D eigenvalue weighted by atomic mass is 35.5.